The van der Waals surface area contributed by atoms with Gasteiger partial charge in [-0.3, -0.25) is 4.79 Å². The molecule has 1 saturated heterocycles. The fourth-order valence-electron chi connectivity index (χ4n) is 2.49. The molecule has 1 fully saturated rings. The zero-order valence-electron chi connectivity index (χ0n) is 14.6. The Balaban J connectivity index is 1.97. The molecular weight excluding hydrogens is 460 g/mol. The maximum atomic E-state index is 12.3. The third-order valence-corrected chi connectivity index (χ3v) is 5.34. The van der Waals surface area contributed by atoms with Crippen LogP contribution in [0.2, 0.25) is 0 Å². The van der Waals surface area contributed by atoms with Crippen molar-refractivity contribution in [2.45, 2.75) is 44.9 Å². The van der Waals surface area contributed by atoms with E-state index in [0.717, 1.165) is 0 Å². The molecule has 2 atom stereocenters. The number of H-pyrrole nitrogens is 1. The summed E-state index contributed by atoms with van der Waals surface area (Å²) >= 11 is 6.49. The van der Waals surface area contributed by atoms with Crippen molar-refractivity contribution in [2.75, 3.05) is 20.2 Å². The number of carbonyl (C=O) groups is 2. The minimum atomic E-state index is -0.551. The molecule has 0 spiro atoms. The second kappa shape index (κ2) is 8.05. The van der Waals surface area contributed by atoms with Crippen molar-refractivity contribution in [3.05, 3.63) is 15.0 Å². The fraction of sp³-hybridized carbons (Fsp3) is 0.667. The van der Waals surface area contributed by atoms with Crippen LogP contribution in [0.15, 0.2) is 9.21 Å². The lowest BCUT2D eigenvalue weighted by atomic mass is 10.0. The first-order chi connectivity index (χ1) is 11.6. The molecule has 0 bridgehead atoms. The maximum absolute atomic E-state index is 12.3. The molecule has 2 N–H and O–H groups in total. The summed E-state index contributed by atoms with van der Waals surface area (Å²) in [6.07, 6.45) is -0.141. The number of rotatable bonds is 3. The highest BCUT2D eigenvalue weighted by atomic mass is 79.9. The second-order valence-corrected chi connectivity index (χ2v) is 8.30. The molecule has 0 radical (unpaired) electrons. The molecule has 140 valence electrons. The number of nitrogens with one attached hydrogen (secondary N) is 2. The number of aromatic amines is 1. The Morgan fingerprint density at radius 3 is 2.56 bits per heavy atom. The van der Waals surface area contributed by atoms with Crippen molar-refractivity contribution in [2.24, 2.45) is 0 Å². The summed E-state index contributed by atoms with van der Waals surface area (Å²) in [5.74, 6) is -0.132. The van der Waals surface area contributed by atoms with Crippen LogP contribution < -0.4 is 5.32 Å². The molecule has 1 aliphatic heterocycles. The predicted octanol–water partition coefficient (Wildman–Crippen LogP) is 2.69. The van der Waals surface area contributed by atoms with Crippen LogP contribution in [0.25, 0.3) is 0 Å². The summed E-state index contributed by atoms with van der Waals surface area (Å²) in [7, 11) is 1.56. The molecule has 25 heavy (non-hydrogen) atoms. The van der Waals surface area contributed by atoms with Gasteiger partial charge in [0, 0.05) is 13.7 Å². The highest BCUT2D eigenvalue weighted by Crippen LogP contribution is 2.21. The van der Waals surface area contributed by atoms with Gasteiger partial charge >= 0.3 is 6.09 Å². The molecule has 8 nitrogen and oxygen atoms in total. The number of carbonyl (C=O) groups excluding carboxylic acids is 2. The van der Waals surface area contributed by atoms with E-state index < -0.39 is 5.60 Å². The van der Waals surface area contributed by atoms with Crippen molar-refractivity contribution in [1.82, 2.24) is 20.2 Å². The van der Waals surface area contributed by atoms with Crippen LogP contribution in [0.4, 0.5) is 4.79 Å². The van der Waals surface area contributed by atoms with Gasteiger partial charge in [0.1, 0.15) is 14.8 Å². The number of aromatic nitrogens is 2. The van der Waals surface area contributed by atoms with Gasteiger partial charge in [0.05, 0.1) is 18.7 Å². The van der Waals surface area contributed by atoms with Crippen LogP contribution >= 0.6 is 31.9 Å². The quantitative estimate of drug-likeness (QED) is 0.691. The summed E-state index contributed by atoms with van der Waals surface area (Å²) < 4.78 is 12.0. The minimum Gasteiger partial charge on any atom is -0.444 e. The third kappa shape index (κ3) is 5.42. The zero-order chi connectivity index (χ0) is 18.8. The minimum absolute atomic E-state index is 0.197. The van der Waals surface area contributed by atoms with Crippen molar-refractivity contribution < 1.29 is 19.1 Å². The van der Waals surface area contributed by atoms with E-state index in [9.17, 15) is 9.59 Å². The van der Waals surface area contributed by atoms with Gasteiger partial charge in [0.25, 0.3) is 5.91 Å². The molecule has 1 aromatic rings. The zero-order valence-corrected chi connectivity index (χ0v) is 17.7. The highest BCUT2D eigenvalue weighted by molar-refractivity contribution is 9.13. The van der Waals surface area contributed by atoms with E-state index in [0.29, 0.717) is 28.7 Å². The van der Waals surface area contributed by atoms with E-state index in [1.54, 1.807) is 12.0 Å². The Morgan fingerprint density at radius 1 is 1.36 bits per heavy atom. The normalized spacial score (nSPS) is 21.1. The van der Waals surface area contributed by atoms with Crippen LogP contribution in [-0.4, -0.2) is 64.8 Å². The molecule has 1 aliphatic rings. The number of nitrogens with zero attached hydrogens (tertiary/aromatic N) is 2. The molecule has 1 aromatic heterocycles. The predicted molar refractivity (Wildman–Crippen MR) is 98.5 cm³/mol. The lowest BCUT2D eigenvalue weighted by Gasteiger charge is -2.38. The number of hydrogen-bond acceptors (Lipinski definition) is 5. The monoisotopic (exact) mass is 480 g/mol. The van der Waals surface area contributed by atoms with Crippen molar-refractivity contribution in [3.8, 4) is 0 Å². The van der Waals surface area contributed by atoms with Gasteiger partial charge in [-0.2, -0.15) is 0 Å². The Kier molecular flexibility index (Phi) is 6.50. The second-order valence-electron chi connectivity index (χ2n) is 6.76. The average molecular weight is 482 g/mol. The summed E-state index contributed by atoms with van der Waals surface area (Å²) in [6.45, 7) is 6.30. The van der Waals surface area contributed by atoms with Crippen LogP contribution in [0.1, 0.15) is 37.8 Å². The molecule has 0 aliphatic carbocycles. The molecule has 2 rings (SSSR count). The van der Waals surface area contributed by atoms with Crippen LogP contribution in [0.5, 0.6) is 0 Å². The van der Waals surface area contributed by atoms with E-state index in [1.807, 2.05) is 20.8 Å². The first kappa shape index (κ1) is 20.2. The van der Waals surface area contributed by atoms with Crippen molar-refractivity contribution in [1.29, 1.82) is 0 Å². The molecule has 0 aromatic carbocycles. The number of hydrogen-bond donors (Lipinski definition) is 2. The summed E-state index contributed by atoms with van der Waals surface area (Å²) in [4.78, 5) is 33.1. The lowest BCUT2D eigenvalue weighted by molar-refractivity contribution is -0.0172. The first-order valence-electron chi connectivity index (χ1n) is 7.83. The van der Waals surface area contributed by atoms with Gasteiger partial charge < -0.3 is 24.7 Å². The molecule has 10 heteroatoms. The molecule has 2 amide bonds. The molecular formula is C15H22Br2N4O4. The summed E-state index contributed by atoms with van der Waals surface area (Å²) in [6, 6.07) is -0.223. The van der Waals surface area contributed by atoms with Gasteiger partial charge in [-0.15, -0.1) is 0 Å². The smallest absolute Gasteiger partial charge is 0.410 e. The summed E-state index contributed by atoms with van der Waals surface area (Å²) in [5, 5.41) is 2.91. The van der Waals surface area contributed by atoms with Gasteiger partial charge in [0.15, 0.2) is 5.82 Å². The van der Waals surface area contributed by atoms with Gasteiger partial charge in [-0.25, -0.2) is 9.78 Å². The van der Waals surface area contributed by atoms with Gasteiger partial charge in [0.2, 0.25) is 0 Å². The van der Waals surface area contributed by atoms with E-state index in [1.165, 1.54) is 0 Å². The van der Waals surface area contributed by atoms with Crippen molar-refractivity contribution in [3.63, 3.8) is 0 Å². The Hall–Kier alpha value is -1.13. The number of likely N-dealkylation sites (tertiary alicyclic amines) is 1. The van der Waals surface area contributed by atoms with Crippen LogP contribution in [-0.2, 0) is 9.47 Å². The molecule has 2 heterocycles. The number of halogens is 2. The fourth-order valence-corrected chi connectivity index (χ4v) is 3.04. The maximum Gasteiger partial charge on any atom is 0.410 e. The van der Waals surface area contributed by atoms with Crippen LogP contribution in [0.3, 0.4) is 0 Å². The summed E-state index contributed by atoms with van der Waals surface area (Å²) in [5.41, 5.74) is -0.551. The number of imidazole rings is 1. The molecule has 0 saturated carbocycles. The number of ether oxygens (including phenoxy) is 2. The Labute approximate surface area is 163 Å². The standard InChI is InChI=1S/C15H22Br2N4O4/c1-15(2,3)25-14(23)21-6-5-8(9(7-21)24-4)18-13(22)12-19-10(16)11(17)20-12/h8-9H,5-7H2,1-4H3,(H,18,22)(H,19,20)/t8-,9+/m1/s1. The van der Waals surface area contributed by atoms with E-state index in [2.05, 4.69) is 47.1 Å². The average Bonchev–Trinajstić information content (AvgIpc) is 2.85. The molecule has 0 unspecified atom stereocenters. The Morgan fingerprint density at radius 2 is 2.04 bits per heavy atom. The SMILES string of the molecule is CO[C@H]1CN(C(=O)OC(C)(C)C)CC[C@H]1NC(=O)c1nc(Br)c(Br)[nH]1. The first-order valence-corrected chi connectivity index (χ1v) is 9.42. The van der Waals surface area contributed by atoms with Gasteiger partial charge in [-0.05, 0) is 59.1 Å². The van der Waals surface area contributed by atoms with E-state index in [-0.39, 0.29) is 30.0 Å². The van der Waals surface area contributed by atoms with Gasteiger partial charge in [-0.1, -0.05) is 0 Å². The van der Waals surface area contributed by atoms with E-state index in [4.69, 9.17) is 9.47 Å². The number of piperidine rings is 1. The highest BCUT2D eigenvalue weighted by Gasteiger charge is 2.35. The largest absolute Gasteiger partial charge is 0.444 e. The van der Waals surface area contributed by atoms with Crippen molar-refractivity contribution >= 4 is 43.9 Å². The van der Waals surface area contributed by atoms with Crippen LogP contribution in [0, 0.1) is 0 Å². The third-order valence-electron chi connectivity index (χ3n) is 3.66. The lowest BCUT2D eigenvalue weighted by Crippen LogP contribution is -2.56. The number of amides is 2. The van der Waals surface area contributed by atoms with E-state index >= 15 is 0 Å². The number of methoxy groups -OCH3 is 1. The Bertz CT molecular complexity index is 624. The topological polar surface area (TPSA) is 96.6 Å².